The van der Waals surface area contributed by atoms with Gasteiger partial charge in [-0.25, -0.2) is 0 Å². The molecule has 90 valence electrons. The minimum absolute atomic E-state index is 0.279. The molecule has 3 nitrogen and oxygen atoms in total. The van der Waals surface area contributed by atoms with Gasteiger partial charge < -0.3 is 14.6 Å². The largest absolute Gasteiger partial charge is 0.396 e. The molecule has 1 atom stereocenters. The Hall–Kier alpha value is -0.120. The topological polar surface area (TPSA) is 38.7 Å². The molecule has 15 heavy (non-hydrogen) atoms. The first-order valence-electron chi connectivity index (χ1n) is 5.96. The fraction of sp³-hybridized carbons (Fsp3) is 1.00. The van der Waals surface area contributed by atoms with Crippen LogP contribution in [0.3, 0.4) is 0 Å². The zero-order chi connectivity index (χ0) is 11.3. The van der Waals surface area contributed by atoms with Crippen molar-refractivity contribution in [2.45, 2.75) is 45.8 Å². The van der Waals surface area contributed by atoms with Crippen LogP contribution in [-0.4, -0.2) is 30.7 Å². The summed E-state index contributed by atoms with van der Waals surface area (Å²) in [6.07, 6.45) is 2.87. The Morgan fingerprint density at radius 3 is 2.27 bits per heavy atom. The van der Waals surface area contributed by atoms with Crippen LogP contribution in [0.15, 0.2) is 0 Å². The lowest BCUT2D eigenvalue weighted by Gasteiger charge is -2.26. The minimum atomic E-state index is -0.372. The first kappa shape index (κ1) is 12.9. The molecule has 1 N–H and O–H groups in total. The van der Waals surface area contributed by atoms with Gasteiger partial charge in [-0.2, -0.15) is 0 Å². The predicted molar refractivity (Wildman–Crippen MR) is 59.6 cm³/mol. The van der Waals surface area contributed by atoms with Gasteiger partial charge in [0, 0.05) is 13.0 Å². The highest BCUT2D eigenvalue weighted by Crippen LogP contribution is 2.29. The van der Waals surface area contributed by atoms with Gasteiger partial charge >= 0.3 is 0 Å². The van der Waals surface area contributed by atoms with Crippen molar-refractivity contribution in [3.8, 4) is 0 Å². The second-order valence-corrected chi connectivity index (χ2v) is 4.89. The quantitative estimate of drug-likeness (QED) is 0.739. The first-order chi connectivity index (χ1) is 7.07. The van der Waals surface area contributed by atoms with Crippen LogP contribution in [0.4, 0.5) is 0 Å². The highest BCUT2D eigenvalue weighted by molar-refractivity contribution is 4.72. The molecule has 0 aliphatic carbocycles. The molecule has 3 heteroatoms. The fourth-order valence-corrected chi connectivity index (χ4v) is 2.13. The van der Waals surface area contributed by atoms with E-state index in [9.17, 15) is 0 Å². The van der Waals surface area contributed by atoms with Crippen LogP contribution in [0.5, 0.6) is 0 Å². The standard InChI is InChI=1S/C12H24O3/c1-10(2)11(5-7-13)4-6-12(3)14-8-9-15-12/h10-11,13H,4-9H2,1-3H3/t11-/m0/s1. The second kappa shape index (κ2) is 5.83. The van der Waals surface area contributed by atoms with Gasteiger partial charge in [0.05, 0.1) is 13.2 Å². The van der Waals surface area contributed by atoms with Crippen LogP contribution in [0, 0.1) is 11.8 Å². The number of hydrogen-bond donors (Lipinski definition) is 1. The Kier molecular flexibility index (Phi) is 5.03. The van der Waals surface area contributed by atoms with Gasteiger partial charge in [-0.05, 0) is 31.6 Å². The third-order valence-electron chi connectivity index (χ3n) is 3.31. The number of rotatable bonds is 6. The summed E-state index contributed by atoms with van der Waals surface area (Å²) in [6.45, 7) is 8.13. The molecule has 0 unspecified atom stereocenters. The van der Waals surface area contributed by atoms with E-state index in [-0.39, 0.29) is 12.4 Å². The third-order valence-corrected chi connectivity index (χ3v) is 3.31. The molecule has 1 fully saturated rings. The van der Waals surface area contributed by atoms with E-state index < -0.39 is 0 Å². The van der Waals surface area contributed by atoms with Crippen molar-refractivity contribution < 1.29 is 14.6 Å². The number of aliphatic hydroxyl groups is 1. The van der Waals surface area contributed by atoms with Crippen molar-refractivity contribution in [2.75, 3.05) is 19.8 Å². The molecule has 0 amide bonds. The average Bonchev–Trinajstić information content (AvgIpc) is 2.60. The van der Waals surface area contributed by atoms with Crippen molar-refractivity contribution in [3.05, 3.63) is 0 Å². The molecule has 0 spiro atoms. The molecule has 0 radical (unpaired) electrons. The highest BCUT2D eigenvalue weighted by Gasteiger charge is 2.31. The molecule has 1 aliphatic heterocycles. The van der Waals surface area contributed by atoms with Gasteiger partial charge in [0.25, 0.3) is 0 Å². The Bertz CT molecular complexity index is 174. The van der Waals surface area contributed by atoms with Crippen molar-refractivity contribution in [1.82, 2.24) is 0 Å². The summed E-state index contributed by atoms with van der Waals surface area (Å²) in [6, 6.07) is 0. The molecule has 1 heterocycles. The molecule has 1 aliphatic rings. The Morgan fingerprint density at radius 2 is 1.80 bits per heavy atom. The summed E-state index contributed by atoms with van der Waals surface area (Å²) in [5.74, 6) is 0.810. The van der Waals surface area contributed by atoms with Gasteiger partial charge in [0.15, 0.2) is 5.79 Å². The van der Waals surface area contributed by atoms with Crippen LogP contribution in [0.2, 0.25) is 0 Å². The maximum absolute atomic E-state index is 8.98. The van der Waals surface area contributed by atoms with Gasteiger partial charge in [0.2, 0.25) is 0 Å². The van der Waals surface area contributed by atoms with E-state index in [0.717, 1.165) is 19.3 Å². The molecular weight excluding hydrogens is 192 g/mol. The predicted octanol–water partition coefficient (Wildman–Crippen LogP) is 2.18. The molecule has 0 aromatic carbocycles. The normalized spacial score (nSPS) is 22.2. The van der Waals surface area contributed by atoms with Gasteiger partial charge in [0.1, 0.15) is 0 Å². The monoisotopic (exact) mass is 216 g/mol. The zero-order valence-electron chi connectivity index (χ0n) is 10.2. The summed E-state index contributed by atoms with van der Waals surface area (Å²) in [4.78, 5) is 0. The lowest BCUT2D eigenvalue weighted by molar-refractivity contribution is -0.150. The lowest BCUT2D eigenvalue weighted by Crippen LogP contribution is -2.27. The molecule has 1 saturated heterocycles. The average molecular weight is 216 g/mol. The van der Waals surface area contributed by atoms with Crippen molar-refractivity contribution >= 4 is 0 Å². The van der Waals surface area contributed by atoms with E-state index >= 15 is 0 Å². The number of ether oxygens (including phenoxy) is 2. The van der Waals surface area contributed by atoms with Crippen LogP contribution in [-0.2, 0) is 9.47 Å². The van der Waals surface area contributed by atoms with Crippen molar-refractivity contribution in [3.63, 3.8) is 0 Å². The van der Waals surface area contributed by atoms with Crippen LogP contribution < -0.4 is 0 Å². The van der Waals surface area contributed by atoms with Crippen LogP contribution >= 0.6 is 0 Å². The van der Waals surface area contributed by atoms with Crippen molar-refractivity contribution in [2.24, 2.45) is 11.8 Å². The lowest BCUT2D eigenvalue weighted by atomic mass is 9.87. The minimum Gasteiger partial charge on any atom is -0.396 e. The fourth-order valence-electron chi connectivity index (χ4n) is 2.13. The van der Waals surface area contributed by atoms with E-state index in [1.807, 2.05) is 6.92 Å². The summed E-state index contributed by atoms with van der Waals surface area (Å²) < 4.78 is 11.1. The molecular formula is C12H24O3. The van der Waals surface area contributed by atoms with Gasteiger partial charge in [-0.1, -0.05) is 13.8 Å². The molecule has 0 aromatic rings. The molecule has 0 saturated carbocycles. The SMILES string of the molecule is CC(C)[C@H](CCO)CCC1(C)OCCO1. The second-order valence-electron chi connectivity index (χ2n) is 4.89. The molecule has 0 bridgehead atoms. The van der Waals surface area contributed by atoms with Crippen LogP contribution in [0.1, 0.15) is 40.0 Å². The van der Waals surface area contributed by atoms with Gasteiger partial charge in [-0.15, -0.1) is 0 Å². The maximum atomic E-state index is 8.98. The van der Waals surface area contributed by atoms with Crippen molar-refractivity contribution in [1.29, 1.82) is 0 Å². The molecule has 0 aromatic heterocycles. The van der Waals surface area contributed by atoms with E-state index in [2.05, 4.69) is 13.8 Å². The summed E-state index contributed by atoms with van der Waals surface area (Å²) in [5.41, 5.74) is 0. The zero-order valence-corrected chi connectivity index (χ0v) is 10.2. The Labute approximate surface area is 92.8 Å². The summed E-state index contributed by atoms with van der Waals surface area (Å²) >= 11 is 0. The van der Waals surface area contributed by atoms with Crippen LogP contribution in [0.25, 0.3) is 0 Å². The number of aliphatic hydroxyl groups excluding tert-OH is 1. The Morgan fingerprint density at radius 1 is 1.20 bits per heavy atom. The summed E-state index contributed by atoms with van der Waals surface area (Å²) in [7, 11) is 0. The summed E-state index contributed by atoms with van der Waals surface area (Å²) in [5, 5.41) is 8.98. The van der Waals surface area contributed by atoms with E-state index in [0.29, 0.717) is 25.0 Å². The number of hydrogen-bond acceptors (Lipinski definition) is 3. The maximum Gasteiger partial charge on any atom is 0.165 e. The highest BCUT2D eigenvalue weighted by atomic mass is 16.7. The first-order valence-corrected chi connectivity index (χ1v) is 5.96. The Balaban J connectivity index is 2.32. The molecule has 1 rings (SSSR count). The van der Waals surface area contributed by atoms with E-state index in [4.69, 9.17) is 14.6 Å². The third kappa shape index (κ3) is 4.09. The smallest absolute Gasteiger partial charge is 0.165 e. The van der Waals surface area contributed by atoms with E-state index in [1.54, 1.807) is 0 Å². The van der Waals surface area contributed by atoms with E-state index in [1.165, 1.54) is 0 Å². The van der Waals surface area contributed by atoms with Gasteiger partial charge in [-0.3, -0.25) is 0 Å².